The largest absolute Gasteiger partial charge is 0.345 e. The molecule has 0 N–H and O–H groups in total. The standard InChI is InChI=1S/C22H34N4O2/c1-4-8-26-18(2)15-20(19(26)3)21(27)16-23-11-13-24(14-12-23)17-22(28)25-9-6-5-7-10-25/h4,15H,1,5-14,16-17H2,2-3H3. The fourth-order valence-corrected chi connectivity index (χ4v) is 4.32. The third-order valence-corrected chi connectivity index (χ3v) is 6.09. The molecule has 6 heteroatoms. The van der Waals surface area contributed by atoms with E-state index in [9.17, 15) is 9.59 Å². The molecule has 0 bridgehead atoms. The number of carbonyl (C=O) groups is 2. The quantitative estimate of drug-likeness (QED) is 0.532. The zero-order chi connectivity index (χ0) is 20.1. The van der Waals surface area contributed by atoms with Crippen LogP contribution in [0.3, 0.4) is 0 Å². The molecule has 1 amide bonds. The van der Waals surface area contributed by atoms with Crippen LogP contribution in [-0.2, 0) is 11.3 Å². The lowest BCUT2D eigenvalue weighted by Gasteiger charge is -2.35. The number of amides is 1. The molecule has 3 heterocycles. The van der Waals surface area contributed by atoms with E-state index in [0.29, 0.717) is 13.1 Å². The molecular formula is C22H34N4O2. The summed E-state index contributed by atoms with van der Waals surface area (Å²) in [4.78, 5) is 31.7. The van der Waals surface area contributed by atoms with Crippen LogP contribution < -0.4 is 0 Å². The Morgan fingerprint density at radius 2 is 1.57 bits per heavy atom. The molecule has 0 aromatic carbocycles. The van der Waals surface area contributed by atoms with Crippen molar-refractivity contribution in [1.29, 1.82) is 0 Å². The number of aryl methyl sites for hydroxylation is 1. The zero-order valence-corrected chi connectivity index (χ0v) is 17.5. The highest BCUT2D eigenvalue weighted by atomic mass is 16.2. The Morgan fingerprint density at radius 3 is 2.18 bits per heavy atom. The number of ketones is 1. The molecule has 2 aliphatic heterocycles. The monoisotopic (exact) mass is 386 g/mol. The Hall–Kier alpha value is -1.92. The number of aromatic nitrogens is 1. The van der Waals surface area contributed by atoms with Crippen LogP contribution in [0.5, 0.6) is 0 Å². The van der Waals surface area contributed by atoms with Crippen LogP contribution in [0.15, 0.2) is 18.7 Å². The second-order valence-electron chi connectivity index (χ2n) is 8.10. The number of Topliss-reactive ketones (excluding diaryl/α,β-unsaturated/α-hetero) is 1. The predicted molar refractivity (Wildman–Crippen MR) is 112 cm³/mol. The van der Waals surface area contributed by atoms with Crippen LogP contribution in [0.4, 0.5) is 0 Å². The molecule has 6 nitrogen and oxygen atoms in total. The first-order valence-corrected chi connectivity index (χ1v) is 10.5. The summed E-state index contributed by atoms with van der Waals surface area (Å²) in [6, 6.07) is 1.99. The predicted octanol–water partition coefficient (Wildman–Crippen LogP) is 2.10. The van der Waals surface area contributed by atoms with Crippen molar-refractivity contribution in [1.82, 2.24) is 19.3 Å². The molecule has 0 atom stereocenters. The summed E-state index contributed by atoms with van der Waals surface area (Å²) in [6.45, 7) is 14.7. The van der Waals surface area contributed by atoms with Gasteiger partial charge in [0.05, 0.1) is 13.1 Å². The number of piperidine rings is 1. The molecular weight excluding hydrogens is 352 g/mol. The van der Waals surface area contributed by atoms with Crippen molar-refractivity contribution in [2.24, 2.45) is 0 Å². The van der Waals surface area contributed by atoms with E-state index in [0.717, 1.165) is 75.6 Å². The van der Waals surface area contributed by atoms with Gasteiger partial charge in [-0.1, -0.05) is 6.08 Å². The minimum Gasteiger partial charge on any atom is -0.345 e. The molecule has 2 aliphatic rings. The Bertz CT molecular complexity index is 710. The van der Waals surface area contributed by atoms with Crippen LogP contribution in [0, 0.1) is 13.8 Å². The molecule has 0 spiro atoms. The first kappa shape index (κ1) is 20.8. The summed E-state index contributed by atoms with van der Waals surface area (Å²) < 4.78 is 2.13. The van der Waals surface area contributed by atoms with Crippen LogP contribution in [-0.4, -0.2) is 83.3 Å². The number of hydrogen-bond donors (Lipinski definition) is 0. The molecule has 0 radical (unpaired) electrons. The molecule has 0 aliphatic carbocycles. The SMILES string of the molecule is C=CCn1c(C)cc(C(=O)CN2CCN(CC(=O)N3CCCCC3)CC2)c1C. The van der Waals surface area contributed by atoms with E-state index in [1.165, 1.54) is 6.42 Å². The number of carbonyl (C=O) groups excluding carboxylic acids is 2. The Kier molecular flexibility index (Phi) is 7.08. The Balaban J connectivity index is 1.47. The highest BCUT2D eigenvalue weighted by Crippen LogP contribution is 2.17. The van der Waals surface area contributed by atoms with Crippen molar-refractivity contribution in [3.05, 3.63) is 35.7 Å². The number of piperazine rings is 1. The van der Waals surface area contributed by atoms with E-state index >= 15 is 0 Å². The number of allylic oxidation sites excluding steroid dienone is 1. The lowest BCUT2D eigenvalue weighted by Crippen LogP contribution is -2.51. The average molecular weight is 387 g/mol. The molecule has 2 fully saturated rings. The summed E-state index contributed by atoms with van der Waals surface area (Å²) in [5.41, 5.74) is 2.94. The molecule has 1 aromatic rings. The van der Waals surface area contributed by atoms with Gasteiger partial charge < -0.3 is 9.47 Å². The molecule has 28 heavy (non-hydrogen) atoms. The van der Waals surface area contributed by atoms with Gasteiger partial charge in [-0.25, -0.2) is 0 Å². The van der Waals surface area contributed by atoms with Crippen molar-refractivity contribution < 1.29 is 9.59 Å². The maximum atomic E-state index is 12.8. The summed E-state index contributed by atoms with van der Waals surface area (Å²) in [7, 11) is 0. The van der Waals surface area contributed by atoms with Crippen LogP contribution in [0.1, 0.15) is 41.0 Å². The highest BCUT2D eigenvalue weighted by Gasteiger charge is 2.24. The highest BCUT2D eigenvalue weighted by molar-refractivity contribution is 5.99. The van der Waals surface area contributed by atoms with E-state index in [-0.39, 0.29) is 11.7 Å². The van der Waals surface area contributed by atoms with E-state index in [4.69, 9.17) is 0 Å². The van der Waals surface area contributed by atoms with Crippen LogP contribution >= 0.6 is 0 Å². The Morgan fingerprint density at radius 1 is 0.964 bits per heavy atom. The van der Waals surface area contributed by atoms with Gasteiger partial charge in [-0.15, -0.1) is 6.58 Å². The number of rotatable bonds is 7. The van der Waals surface area contributed by atoms with Gasteiger partial charge in [0.15, 0.2) is 5.78 Å². The van der Waals surface area contributed by atoms with E-state index < -0.39 is 0 Å². The fourth-order valence-electron chi connectivity index (χ4n) is 4.32. The Labute approximate surface area is 168 Å². The van der Waals surface area contributed by atoms with Gasteiger partial charge in [-0.05, 0) is 39.2 Å². The van der Waals surface area contributed by atoms with E-state index in [1.54, 1.807) is 0 Å². The van der Waals surface area contributed by atoms with Gasteiger partial charge in [0.2, 0.25) is 5.91 Å². The lowest BCUT2D eigenvalue weighted by molar-refractivity contribution is -0.133. The first-order chi connectivity index (χ1) is 13.5. The number of likely N-dealkylation sites (tertiary alicyclic amines) is 1. The van der Waals surface area contributed by atoms with Crippen molar-refractivity contribution in [3.8, 4) is 0 Å². The topological polar surface area (TPSA) is 48.8 Å². The van der Waals surface area contributed by atoms with Crippen LogP contribution in [0.2, 0.25) is 0 Å². The summed E-state index contributed by atoms with van der Waals surface area (Å²) in [5, 5.41) is 0. The lowest BCUT2D eigenvalue weighted by atomic mass is 10.1. The third kappa shape index (κ3) is 4.92. The normalized spacial score (nSPS) is 19.0. The van der Waals surface area contributed by atoms with E-state index in [2.05, 4.69) is 20.9 Å². The van der Waals surface area contributed by atoms with Gasteiger partial charge >= 0.3 is 0 Å². The summed E-state index contributed by atoms with van der Waals surface area (Å²) in [5.74, 6) is 0.445. The molecule has 0 saturated carbocycles. The minimum absolute atomic E-state index is 0.182. The number of hydrogen-bond acceptors (Lipinski definition) is 4. The molecule has 1 aromatic heterocycles. The minimum atomic E-state index is 0.182. The fraction of sp³-hybridized carbons (Fsp3) is 0.636. The summed E-state index contributed by atoms with van der Waals surface area (Å²) in [6.07, 6.45) is 5.37. The van der Waals surface area contributed by atoms with Crippen molar-refractivity contribution in [2.75, 3.05) is 52.4 Å². The van der Waals surface area contributed by atoms with Gasteiger partial charge in [-0.2, -0.15) is 0 Å². The van der Waals surface area contributed by atoms with Crippen molar-refractivity contribution >= 4 is 11.7 Å². The average Bonchev–Trinajstić information content (AvgIpc) is 2.99. The van der Waals surface area contributed by atoms with Crippen molar-refractivity contribution in [2.45, 2.75) is 39.7 Å². The number of nitrogens with zero attached hydrogens (tertiary/aromatic N) is 4. The zero-order valence-electron chi connectivity index (χ0n) is 17.5. The van der Waals surface area contributed by atoms with Gasteiger partial charge in [0.1, 0.15) is 0 Å². The van der Waals surface area contributed by atoms with Crippen molar-refractivity contribution in [3.63, 3.8) is 0 Å². The van der Waals surface area contributed by atoms with Gasteiger partial charge in [0, 0.05) is 62.8 Å². The molecule has 0 unspecified atom stereocenters. The molecule has 2 saturated heterocycles. The first-order valence-electron chi connectivity index (χ1n) is 10.5. The van der Waals surface area contributed by atoms with Gasteiger partial charge in [0.25, 0.3) is 0 Å². The summed E-state index contributed by atoms with van der Waals surface area (Å²) >= 11 is 0. The maximum Gasteiger partial charge on any atom is 0.236 e. The molecule has 154 valence electrons. The van der Waals surface area contributed by atoms with Crippen LogP contribution in [0.25, 0.3) is 0 Å². The second-order valence-corrected chi connectivity index (χ2v) is 8.10. The van der Waals surface area contributed by atoms with E-state index in [1.807, 2.05) is 30.9 Å². The smallest absolute Gasteiger partial charge is 0.236 e. The maximum absolute atomic E-state index is 12.8. The third-order valence-electron chi connectivity index (χ3n) is 6.09. The molecule has 3 rings (SSSR count). The second kappa shape index (κ2) is 9.52. The van der Waals surface area contributed by atoms with Gasteiger partial charge in [-0.3, -0.25) is 19.4 Å².